The summed E-state index contributed by atoms with van der Waals surface area (Å²) in [6.07, 6.45) is 0. The number of carbonyl (C=O) groups is 1. The number of esters is 1. The summed E-state index contributed by atoms with van der Waals surface area (Å²) in [5.41, 5.74) is 1.23. The number of nitrogens with zero attached hydrogens (tertiary/aromatic N) is 2. The molecule has 1 aliphatic rings. The Kier molecular flexibility index (Phi) is 3.73. The molecule has 112 valence electrons. The summed E-state index contributed by atoms with van der Waals surface area (Å²) in [6, 6.07) is 3.80. The third-order valence-electron chi connectivity index (χ3n) is 3.47. The number of hydrogen-bond acceptors (Lipinski definition) is 6. The molecule has 7 heteroatoms. The lowest BCUT2D eigenvalue weighted by Crippen LogP contribution is -2.43. The van der Waals surface area contributed by atoms with Crippen LogP contribution < -0.4 is 4.90 Å². The van der Waals surface area contributed by atoms with Gasteiger partial charge in [0.1, 0.15) is 5.52 Å². The Morgan fingerprint density at radius 2 is 2.33 bits per heavy atom. The lowest BCUT2D eigenvalue weighted by atomic mass is 10.2. The number of oxazole rings is 1. The Morgan fingerprint density at radius 3 is 3.05 bits per heavy atom. The minimum atomic E-state index is -0.489. The zero-order valence-electron chi connectivity index (χ0n) is 11.8. The number of benzene rings is 1. The molecule has 2 heterocycles. The molecule has 0 N–H and O–H groups in total. The Bertz CT molecular complexity index is 685. The predicted octanol–water partition coefficient (Wildman–Crippen LogP) is 2.49. The van der Waals surface area contributed by atoms with E-state index in [1.54, 1.807) is 6.07 Å². The first kappa shape index (κ1) is 14.2. The van der Waals surface area contributed by atoms with Crippen LogP contribution in [0.3, 0.4) is 0 Å². The number of methoxy groups -OCH3 is 1. The van der Waals surface area contributed by atoms with Gasteiger partial charge >= 0.3 is 5.97 Å². The summed E-state index contributed by atoms with van der Waals surface area (Å²) in [7, 11) is 1.32. The van der Waals surface area contributed by atoms with Crippen molar-refractivity contribution >= 4 is 34.7 Å². The molecular formula is C14H15ClN2O4. The van der Waals surface area contributed by atoms with E-state index in [1.165, 1.54) is 13.2 Å². The molecule has 21 heavy (non-hydrogen) atoms. The van der Waals surface area contributed by atoms with Crippen molar-refractivity contribution in [1.82, 2.24) is 4.98 Å². The number of aromatic nitrogens is 1. The third kappa shape index (κ3) is 2.56. The molecule has 0 saturated carbocycles. The van der Waals surface area contributed by atoms with Gasteiger partial charge in [0.25, 0.3) is 6.01 Å². The first-order valence-corrected chi connectivity index (χ1v) is 7.00. The van der Waals surface area contributed by atoms with Crippen molar-refractivity contribution in [3.8, 4) is 0 Å². The predicted molar refractivity (Wildman–Crippen MR) is 78.0 cm³/mol. The van der Waals surface area contributed by atoms with Crippen LogP contribution in [-0.4, -0.2) is 43.9 Å². The maximum absolute atomic E-state index is 11.8. The number of fused-ring (bicyclic) bond motifs is 1. The highest BCUT2D eigenvalue weighted by Crippen LogP contribution is 2.29. The maximum Gasteiger partial charge on any atom is 0.340 e. The standard InChI is InChI=1S/C14H15ClN2O4/c1-8-7-20-4-3-17(8)14-16-12-10(13(18)19-2)5-9(15)6-11(12)21-14/h5-6,8H,3-4,7H2,1-2H3/t8-/m0/s1. The van der Waals surface area contributed by atoms with Gasteiger partial charge < -0.3 is 18.8 Å². The second kappa shape index (κ2) is 5.54. The fourth-order valence-electron chi connectivity index (χ4n) is 2.38. The van der Waals surface area contributed by atoms with Crippen LogP contribution in [0, 0.1) is 0 Å². The molecule has 1 aromatic heterocycles. The molecule has 3 rings (SSSR count). The minimum Gasteiger partial charge on any atom is -0.465 e. The normalized spacial score (nSPS) is 19.0. The first-order valence-electron chi connectivity index (χ1n) is 6.63. The minimum absolute atomic E-state index is 0.156. The summed E-state index contributed by atoms with van der Waals surface area (Å²) in [5, 5.41) is 0.403. The van der Waals surface area contributed by atoms with Crippen molar-refractivity contribution in [2.24, 2.45) is 0 Å². The van der Waals surface area contributed by atoms with Crippen LogP contribution >= 0.6 is 11.6 Å². The van der Waals surface area contributed by atoms with Crippen LogP contribution in [0.2, 0.25) is 5.02 Å². The summed E-state index contributed by atoms with van der Waals surface area (Å²) in [6.45, 7) is 3.95. The number of ether oxygens (including phenoxy) is 2. The summed E-state index contributed by atoms with van der Waals surface area (Å²) < 4.78 is 15.9. The molecule has 0 radical (unpaired) electrons. The van der Waals surface area contributed by atoms with Gasteiger partial charge in [0.15, 0.2) is 5.58 Å². The Hall–Kier alpha value is -1.79. The van der Waals surface area contributed by atoms with Crippen LogP contribution in [0.4, 0.5) is 6.01 Å². The van der Waals surface area contributed by atoms with E-state index in [4.69, 9.17) is 25.5 Å². The number of rotatable bonds is 2. The van der Waals surface area contributed by atoms with Gasteiger partial charge in [-0.15, -0.1) is 0 Å². The molecule has 1 fully saturated rings. The molecule has 0 spiro atoms. The second-order valence-electron chi connectivity index (χ2n) is 4.91. The fourth-order valence-corrected chi connectivity index (χ4v) is 2.59. The largest absolute Gasteiger partial charge is 0.465 e. The van der Waals surface area contributed by atoms with E-state index in [0.717, 1.165) is 0 Å². The van der Waals surface area contributed by atoms with Crippen LogP contribution in [0.1, 0.15) is 17.3 Å². The van der Waals surface area contributed by atoms with Crippen LogP contribution in [0.5, 0.6) is 0 Å². The van der Waals surface area contributed by atoms with E-state index in [9.17, 15) is 4.79 Å². The molecule has 0 amide bonds. The number of carbonyl (C=O) groups excluding carboxylic acids is 1. The fraction of sp³-hybridized carbons (Fsp3) is 0.429. The quantitative estimate of drug-likeness (QED) is 0.794. The van der Waals surface area contributed by atoms with E-state index < -0.39 is 5.97 Å². The van der Waals surface area contributed by atoms with E-state index >= 15 is 0 Å². The average Bonchev–Trinajstić information content (AvgIpc) is 2.89. The third-order valence-corrected chi connectivity index (χ3v) is 3.69. The molecule has 0 unspecified atom stereocenters. The van der Waals surface area contributed by atoms with Gasteiger partial charge in [0.05, 0.1) is 31.9 Å². The smallest absolute Gasteiger partial charge is 0.340 e. The maximum atomic E-state index is 11.8. The molecule has 1 saturated heterocycles. The Balaban J connectivity index is 2.08. The molecule has 1 aliphatic heterocycles. The number of hydrogen-bond donors (Lipinski definition) is 0. The Morgan fingerprint density at radius 1 is 1.52 bits per heavy atom. The van der Waals surface area contributed by atoms with E-state index in [1.807, 2.05) is 11.8 Å². The summed E-state index contributed by atoms with van der Waals surface area (Å²) in [4.78, 5) is 18.3. The van der Waals surface area contributed by atoms with Crippen molar-refractivity contribution < 1.29 is 18.7 Å². The zero-order chi connectivity index (χ0) is 15.0. The van der Waals surface area contributed by atoms with Crippen molar-refractivity contribution in [2.75, 3.05) is 31.8 Å². The van der Waals surface area contributed by atoms with E-state index in [2.05, 4.69) is 4.98 Å². The summed E-state index contributed by atoms with van der Waals surface area (Å²) >= 11 is 6.02. The van der Waals surface area contributed by atoms with Crippen LogP contribution in [0.25, 0.3) is 11.1 Å². The average molecular weight is 311 g/mol. The van der Waals surface area contributed by atoms with Crippen molar-refractivity contribution in [3.63, 3.8) is 0 Å². The molecular weight excluding hydrogens is 296 g/mol. The van der Waals surface area contributed by atoms with Gasteiger partial charge in [0.2, 0.25) is 0 Å². The van der Waals surface area contributed by atoms with Gasteiger partial charge in [-0.3, -0.25) is 0 Å². The van der Waals surface area contributed by atoms with Gasteiger partial charge in [-0.1, -0.05) is 11.6 Å². The molecule has 6 nitrogen and oxygen atoms in total. The van der Waals surface area contributed by atoms with Crippen molar-refractivity contribution in [1.29, 1.82) is 0 Å². The number of halogens is 1. The molecule has 0 aliphatic carbocycles. The van der Waals surface area contributed by atoms with Gasteiger partial charge in [-0.2, -0.15) is 4.98 Å². The van der Waals surface area contributed by atoms with Gasteiger partial charge in [-0.25, -0.2) is 4.79 Å². The van der Waals surface area contributed by atoms with E-state index in [0.29, 0.717) is 47.5 Å². The summed E-state index contributed by atoms with van der Waals surface area (Å²) in [5.74, 6) is -0.489. The molecule has 0 bridgehead atoms. The first-order chi connectivity index (χ1) is 10.1. The number of anilines is 1. The second-order valence-corrected chi connectivity index (χ2v) is 5.34. The van der Waals surface area contributed by atoms with Crippen molar-refractivity contribution in [2.45, 2.75) is 13.0 Å². The SMILES string of the molecule is COC(=O)c1cc(Cl)cc2oc(N3CCOC[C@@H]3C)nc12. The van der Waals surface area contributed by atoms with Crippen molar-refractivity contribution in [3.05, 3.63) is 22.7 Å². The zero-order valence-corrected chi connectivity index (χ0v) is 12.5. The monoisotopic (exact) mass is 310 g/mol. The molecule has 1 aromatic carbocycles. The lowest BCUT2D eigenvalue weighted by Gasteiger charge is -2.31. The molecule has 1 atom stereocenters. The highest BCUT2D eigenvalue weighted by molar-refractivity contribution is 6.31. The number of morpholine rings is 1. The van der Waals surface area contributed by atoms with Gasteiger partial charge in [0, 0.05) is 17.6 Å². The van der Waals surface area contributed by atoms with Crippen LogP contribution in [0.15, 0.2) is 16.5 Å². The highest BCUT2D eigenvalue weighted by atomic mass is 35.5. The Labute approximate surface area is 126 Å². The van der Waals surface area contributed by atoms with E-state index in [-0.39, 0.29) is 6.04 Å². The topological polar surface area (TPSA) is 64.8 Å². The highest BCUT2D eigenvalue weighted by Gasteiger charge is 2.25. The lowest BCUT2D eigenvalue weighted by molar-refractivity contribution is 0.0602. The molecule has 2 aromatic rings. The van der Waals surface area contributed by atoms with Crippen LogP contribution in [-0.2, 0) is 9.47 Å². The van der Waals surface area contributed by atoms with Gasteiger partial charge in [-0.05, 0) is 13.0 Å².